The summed E-state index contributed by atoms with van der Waals surface area (Å²) < 4.78 is 0. The first-order valence-corrected chi connectivity index (χ1v) is 25.6. The third kappa shape index (κ3) is 9.20. The molecule has 0 bridgehead atoms. The van der Waals surface area contributed by atoms with E-state index in [0.717, 1.165) is 44.5 Å². The van der Waals surface area contributed by atoms with Gasteiger partial charge in [0, 0.05) is 16.7 Å². The van der Waals surface area contributed by atoms with Crippen LogP contribution in [-0.4, -0.2) is 15.0 Å². The van der Waals surface area contributed by atoms with Gasteiger partial charge in [0.05, 0.1) is 0 Å². The molecule has 352 valence electrons. The minimum Gasteiger partial charge on any atom is -0.208 e. The van der Waals surface area contributed by atoms with Crippen LogP contribution in [0.2, 0.25) is 0 Å². The Bertz CT molecular complexity index is 4070. The van der Waals surface area contributed by atoms with Gasteiger partial charge in [-0.3, -0.25) is 0 Å². The maximum absolute atomic E-state index is 5.10. The van der Waals surface area contributed by atoms with E-state index in [-0.39, 0.29) is 0 Å². The average molecular weight is 956 g/mol. The molecule has 10 aromatic carbocycles. The summed E-state index contributed by atoms with van der Waals surface area (Å²) in [5.74, 6) is 1.89. The molecule has 0 aliphatic heterocycles. The van der Waals surface area contributed by atoms with Crippen molar-refractivity contribution in [1.82, 2.24) is 15.0 Å². The summed E-state index contributed by atoms with van der Waals surface area (Å²) >= 11 is 0. The highest BCUT2D eigenvalue weighted by atomic mass is 15.0. The van der Waals surface area contributed by atoms with E-state index in [1.165, 1.54) is 77.9 Å². The molecule has 1 aromatic heterocycles. The number of nitrogens with zero attached hydrogens (tertiary/aromatic N) is 3. The molecule has 0 radical (unpaired) electrons. The lowest BCUT2D eigenvalue weighted by atomic mass is 9.89. The summed E-state index contributed by atoms with van der Waals surface area (Å²) in [6.45, 7) is 2.29. The van der Waals surface area contributed by atoms with Crippen molar-refractivity contribution >= 4 is 16.7 Å². The van der Waals surface area contributed by atoms with Gasteiger partial charge in [-0.15, -0.1) is 0 Å². The van der Waals surface area contributed by atoms with Gasteiger partial charge in [0.2, 0.25) is 0 Å². The van der Waals surface area contributed by atoms with Crippen molar-refractivity contribution in [3.63, 3.8) is 0 Å². The van der Waals surface area contributed by atoms with Crippen LogP contribution in [0.5, 0.6) is 0 Å². The molecular formula is C72H49N3. The molecule has 0 atom stereocenters. The molecule has 0 unspecified atom stereocenters. The number of fused-ring (bicyclic) bond motifs is 1. The minimum absolute atomic E-state index is 0.625. The number of rotatable bonds is 11. The molecule has 11 aromatic rings. The third-order valence-corrected chi connectivity index (χ3v) is 14.4. The van der Waals surface area contributed by atoms with Crippen molar-refractivity contribution in [1.29, 1.82) is 0 Å². The summed E-state index contributed by atoms with van der Waals surface area (Å²) in [6.07, 6.45) is 4.78. The van der Waals surface area contributed by atoms with Gasteiger partial charge in [0.25, 0.3) is 0 Å². The second-order valence-corrected chi connectivity index (χ2v) is 19.2. The van der Waals surface area contributed by atoms with Crippen molar-refractivity contribution in [2.45, 2.75) is 6.92 Å². The molecule has 75 heavy (non-hydrogen) atoms. The predicted molar refractivity (Wildman–Crippen MR) is 312 cm³/mol. The fourth-order valence-electron chi connectivity index (χ4n) is 10.5. The molecule has 0 N–H and O–H groups in total. The molecule has 0 saturated heterocycles. The van der Waals surface area contributed by atoms with E-state index in [9.17, 15) is 0 Å². The molecule has 2 aliphatic rings. The summed E-state index contributed by atoms with van der Waals surface area (Å²) in [5.41, 5.74) is 25.7. The SMILES string of the molecule is CC1=C(c2cccc(-c3ccccc3)c2)C2=CC2=C(c2cccc(-c3cccc(-c4cccc(-c5cccc(-c6nc(-c7ccccc7)nc(-c7ccc(-c8ccccc8)cc7)n6)c5)c4)c3)c2)C=C1c1ccccc1. The van der Waals surface area contributed by atoms with Crippen LogP contribution in [0.25, 0.3) is 107 Å². The van der Waals surface area contributed by atoms with Crippen LogP contribution in [0.1, 0.15) is 23.6 Å². The average Bonchev–Trinajstić information content (AvgIpc) is 4.30. The highest BCUT2D eigenvalue weighted by Gasteiger charge is 2.31. The van der Waals surface area contributed by atoms with Crippen LogP contribution >= 0.6 is 0 Å². The summed E-state index contributed by atoms with van der Waals surface area (Å²) in [6, 6.07) is 94.8. The number of hydrogen-bond donors (Lipinski definition) is 0. The Balaban J connectivity index is 0.811. The molecule has 1 heterocycles. The summed E-state index contributed by atoms with van der Waals surface area (Å²) in [4.78, 5) is 15.2. The van der Waals surface area contributed by atoms with E-state index in [4.69, 9.17) is 15.0 Å². The normalized spacial score (nSPS) is 12.9. The van der Waals surface area contributed by atoms with E-state index in [1.54, 1.807) is 0 Å². The zero-order valence-corrected chi connectivity index (χ0v) is 41.4. The molecule has 2 aliphatic carbocycles. The van der Waals surface area contributed by atoms with E-state index < -0.39 is 0 Å². The Hall–Kier alpha value is -9.83. The van der Waals surface area contributed by atoms with E-state index >= 15 is 0 Å². The summed E-state index contributed by atoms with van der Waals surface area (Å²) in [5, 5.41) is 0. The van der Waals surface area contributed by atoms with Crippen molar-refractivity contribution in [2.24, 2.45) is 0 Å². The van der Waals surface area contributed by atoms with Gasteiger partial charge in [-0.2, -0.15) is 0 Å². The van der Waals surface area contributed by atoms with Crippen LogP contribution in [0.15, 0.2) is 296 Å². The highest BCUT2D eigenvalue weighted by molar-refractivity contribution is 6.10. The Morgan fingerprint density at radius 1 is 0.213 bits per heavy atom. The smallest absolute Gasteiger partial charge is 0.164 e. The lowest BCUT2D eigenvalue weighted by Crippen LogP contribution is -2.00. The maximum Gasteiger partial charge on any atom is 0.164 e. The van der Waals surface area contributed by atoms with Crippen molar-refractivity contribution in [3.8, 4) is 89.8 Å². The molecular weight excluding hydrogens is 907 g/mol. The number of aromatic nitrogens is 3. The van der Waals surface area contributed by atoms with Crippen molar-refractivity contribution in [3.05, 3.63) is 312 Å². The quantitative estimate of drug-likeness (QED) is 0.130. The second kappa shape index (κ2) is 19.6. The number of allylic oxidation sites excluding steroid dienone is 8. The monoisotopic (exact) mass is 955 g/mol. The molecule has 0 fully saturated rings. The van der Waals surface area contributed by atoms with Gasteiger partial charge in [-0.1, -0.05) is 237 Å². The summed E-state index contributed by atoms with van der Waals surface area (Å²) in [7, 11) is 0. The number of benzene rings is 10. The zero-order valence-electron chi connectivity index (χ0n) is 41.4. The van der Waals surface area contributed by atoms with Crippen LogP contribution in [0.4, 0.5) is 0 Å². The fourth-order valence-corrected chi connectivity index (χ4v) is 10.5. The Morgan fingerprint density at radius 3 is 1.01 bits per heavy atom. The lowest BCUT2D eigenvalue weighted by molar-refractivity contribution is 1.07. The van der Waals surface area contributed by atoms with E-state index in [1.807, 2.05) is 36.4 Å². The van der Waals surface area contributed by atoms with Gasteiger partial charge in [0.1, 0.15) is 0 Å². The maximum atomic E-state index is 5.10. The van der Waals surface area contributed by atoms with Crippen LogP contribution in [0, 0.1) is 0 Å². The van der Waals surface area contributed by atoms with Gasteiger partial charge >= 0.3 is 0 Å². The predicted octanol–water partition coefficient (Wildman–Crippen LogP) is 18.5. The van der Waals surface area contributed by atoms with Gasteiger partial charge < -0.3 is 0 Å². The standard InChI is InChI=1S/C72H49N3/c1-48-65(52-23-10-4-11-24-52)46-66(67-47-68(67)69(48)63-35-17-27-55(44-63)50-21-8-3-9-22-50)62-34-16-32-60(43-62)58-30-14-28-56(41-58)57-29-15-31-59(42-57)61-33-18-36-64(45-61)72-74-70(53-25-12-5-13-26-53)73-71(75-72)54-39-37-51(38-40-54)49-19-6-2-7-20-49/h2-47H,1H3. The third-order valence-electron chi connectivity index (χ3n) is 14.4. The number of hydrogen-bond acceptors (Lipinski definition) is 3. The molecule has 0 saturated carbocycles. The fraction of sp³-hybridized carbons (Fsp3) is 0.0139. The molecule has 0 spiro atoms. The van der Waals surface area contributed by atoms with Gasteiger partial charge in [0.15, 0.2) is 17.5 Å². The van der Waals surface area contributed by atoms with Crippen molar-refractivity contribution < 1.29 is 0 Å². The first-order valence-electron chi connectivity index (χ1n) is 25.6. The van der Waals surface area contributed by atoms with Gasteiger partial charge in [-0.25, -0.2) is 15.0 Å². The Kier molecular flexibility index (Phi) is 11.8. The van der Waals surface area contributed by atoms with Crippen molar-refractivity contribution in [2.75, 3.05) is 0 Å². The van der Waals surface area contributed by atoms with Crippen LogP contribution < -0.4 is 0 Å². The van der Waals surface area contributed by atoms with E-state index in [0.29, 0.717) is 17.5 Å². The Labute approximate surface area is 438 Å². The first-order chi connectivity index (χ1) is 37.1. The lowest BCUT2D eigenvalue weighted by Gasteiger charge is -2.15. The minimum atomic E-state index is 0.625. The van der Waals surface area contributed by atoms with Crippen LogP contribution in [0.3, 0.4) is 0 Å². The van der Waals surface area contributed by atoms with E-state index in [2.05, 4.69) is 250 Å². The van der Waals surface area contributed by atoms with Gasteiger partial charge in [-0.05, 0) is 155 Å². The molecule has 13 rings (SSSR count). The molecule has 3 nitrogen and oxygen atoms in total. The largest absolute Gasteiger partial charge is 0.208 e. The molecule has 3 heteroatoms. The second-order valence-electron chi connectivity index (χ2n) is 19.2. The zero-order chi connectivity index (χ0) is 50.1. The molecule has 0 amide bonds. The van der Waals surface area contributed by atoms with Crippen LogP contribution in [-0.2, 0) is 0 Å². The first kappa shape index (κ1) is 45.1. The highest BCUT2D eigenvalue weighted by Crippen LogP contribution is 2.52. The topological polar surface area (TPSA) is 38.7 Å². The Morgan fingerprint density at radius 2 is 0.507 bits per heavy atom.